The molecule has 0 aliphatic rings. The fourth-order valence-corrected chi connectivity index (χ4v) is 2.16. The maximum Gasteiger partial charge on any atom is 0.258 e. The van der Waals surface area contributed by atoms with Crippen molar-refractivity contribution in [2.75, 3.05) is 5.32 Å². The van der Waals surface area contributed by atoms with Crippen LogP contribution < -0.4 is 11.1 Å². The number of hydrogen-bond donors (Lipinski definition) is 3. The van der Waals surface area contributed by atoms with Gasteiger partial charge in [0.05, 0.1) is 0 Å². The van der Waals surface area contributed by atoms with Gasteiger partial charge in [0.15, 0.2) is 5.60 Å². The first-order valence-corrected chi connectivity index (χ1v) is 6.40. The molecule has 4 N–H and O–H groups in total. The van der Waals surface area contributed by atoms with Crippen molar-refractivity contribution in [2.45, 2.75) is 12.5 Å². The summed E-state index contributed by atoms with van der Waals surface area (Å²) in [6, 6.07) is 14.9. The third-order valence-corrected chi connectivity index (χ3v) is 3.15. The largest absolute Gasteiger partial charge is 0.372 e. The predicted octanol–water partition coefficient (Wildman–Crippen LogP) is 1.37. The third kappa shape index (κ3) is 2.93. The van der Waals surface area contributed by atoms with Gasteiger partial charge in [0, 0.05) is 12.6 Å². The Morgan fingerprint density at radius 1 is 1.05 bits per heavy atom. The van der Waals surface area contributed by atoms with Crippen LogP contribution in [0.5, 0.6) is 0 Å². The Bertz CT molecular complexity index is 670. The molecule has 0 saturated heterocycles. The second-order valence-corrected chi connectivity index (χ2v) is 4.70. The summed E-state index contributed by atoms with van der Waals surface area (Å²) in [5, 5.41) is 13.4. The van der Waals surface area contributed by atoms with Crippen LogP contribution in [-0.4, -0.2) is 16.9 Å². The molecule has 0 spiro atoms. The van der Waals surface area contributed by atoms with Crippen LogP contribution in [-0.2, 0) is 15.2 Å². The second kappa shape index (κ2) is 5.76. The molecule has 0 bridgehead atoms. The van der Waals surface area contributed by atoms with Crippen LogP contribution in [0.25, 0.3) is 0 Å². The van der Waals surface area contributed by atoms with Crippen molar-refractivity contribution >= 4 is 17.5 Å². The highest BCUT2D eigenvalue weighted by Crippen LogP contribution is 2.30. The summed E-state index contributed by atoms with van der Waals surface area (Å²) in [7, 11) is 0. The van der Waals surface area contributed by atoms with Gasteiger partial charge in [0.1, 0.15) is 0 Å². The molecule has 21 heavy (non-hydrogen) atoms. The van der Waals surface area contributed by atoms with E-state index in [-0.39, 0.29) is 5.91 Å². The monoisotopic (exact) mass is 284 g/mol. The average Bonchev–Trinajstić information content (AvgIpc) is 2.46. The van der Waals surface area contributed by atoms with Crippen LogP contribution in [0, 0.1) is 0 Å². The van der Waals surface area contributed by atoms with Crippen molar-refractivity contribution < 1.29 is 14.7 Å². The van der Waals surface area contributed by atoms with E-state index in [1.165, 1.54) is 13.0 Å². The number of carbonyl (C=O) groups is 2. The summed E-state index contributed by atoms with van der Waals surface area (Å²) in [6.07, 6.45) is 0. The molecule has 0 aliphatic heterocycles. The Hall–Kier alpha value is -2.66. The summed E-state index contributed by atoms with van der Waals surface area (Å²) >= 11 is 0. The predicted molar refractivity (Wildman–Crippen MR) is 79.4 cm³/mol. The van der Waals surface area contributed by atoms with Crippen molar-refractivity contribution in [3.05, 3.63) is 65.7 Å². The Morgan fingerprint density at radius 2 is 1.67 bits per heavy atom. The molecule has 2 amide bonds. The van der Waals surface area contributed by atoms with Gasteiger partial charge >= 0.3 is 0 Å². The molecule has 2 rings (SSSR count). The Morgan fingerprint density at radius 3 is 2.24 bits per heavy atom. The number of primary amides is 1. The molecule has 0 radical (unpaired) electrons. The van der Waals surface area contributed by atoms with Gasteiger partial charge in [-0.3, -0.25) is 9.59 Å². The summed E-state index contributed by atoms with van der Waals surface area (Å²) in [5.41, 5.74) is 4.61. The van der Waals surface area contributed by atoms with Crippen LogP contribution in [0.3, 0.4) is 0 Å². The molecular formula is C16H16N2O3. The smallest absolute Gasteiger partial charge is 0.258 e. The van der Waals surface area contributed by atoms with Crippen LogP contribution >= 0.6 is 0 Å². The van der Waals surface area contributed by atoms with E-state index in [4.69, 9.17) is 5.73 Å². The zero-order valence-electron chi connectivity index (χ0n) is 11.5. The molecule has 0 aromatic heterocycles. The van der Waals surface area contributed by atoms with E-state index in [1.54, 1.807) is 48.5 Å². The van der Waals surface area contributed by atoms with Crippen LogP contribution in [0.1, 0.15) is 18.1 Å². The lowest BCUT2D eigenvalue weighted by Crippen LogP contribution is -2.42. The topological polar surface area (TPSA) is 92.4 Å². The summed E-state index contributed by atoms with van der Waals surface area (Å²) in [4.78, 5) is 23.0. The zero-order chi connectivity index (χ0) is 15.5. The van der Waals surface area contributed by atoms with E-state index < -0.39 is 11.5 Å². The normalized spacial score (nSPS) is 13.2. The number of nitrogens with one attached hydrogen (secondary N) is 1. The number of carbonyl (C=O) groups excluding carboxylic acids is 2. The molecule has 5 heteroatoms. The second-order valence-electron chi connectivity index (χ2n) is 4.70. The summed E-state index contributed by atoms with van der Waals surface area (Å²) in [5.74, 6) is -1.12. The molecule has 0 aliphatic carbocycles. The molecule has 1 unspecified atom stereocenters. The average molecular weight is 284 g/mol. The van der Waals surface area contributed by atoms with E-state index >= 15 is 0 Å². The molecule has 5 nitrogen and oxygen atoms in total. The quantitative estimate of drug-likeness (QED) is 0.791. The van der Waals surface area contributed by atoms with E-state index in [0.29, 0.717) is 16.8 Å². The fourth-order valence-electron chi connectivity index (χ4n) is 2.16. The number of nitrogens with two attached hydrogens (primary N) is 1. The van der Waals surface area contributed by atoms with E-state index in [2.05, 4.69) is 5.32 Å². The van der Waals surface area contributed by atoms with Gasteiger partial charge in [-0.05, 0) is 23.3 Å². The van der Waals surface area contributed by atoms with Gasteiger partial charge in [-0.15, -0.1) is 0 Å². The van der Waals surface area contributed by atoms with Crippen LogP contribution in [0.4, 0.5) is 5.69 Å². The van der Waals surface area contributed by atoms with E-state index in [0.717, 1.165) is 0 Å². The van der Waals surface area contributed by atoms with Crippen molar-refractivity contribution in [1.29, 1.82) is 0 Å². The van der Waals surface area contributed by atoms with Crippen LogP contribution in [0.15, 0.2) is 54.6 Å². The van der Waals surface area contributed by atoms with Gasteiger partial charge in [-0.25, -0.2) is 0 Å². The Kier molecular flexibility index (Phi) is 4.05. The first-order chi connectivity index (χ1) is 9.94. The SMILES string of the molecule is CC(=O)Nc1cccc(C(O)(C(N)=O)c2ccccc2)c1. The minimum Gasteiger partial charge on any atom is -0.372 e. The van der Waals surface area contributed by atoms with E-state index in [1.807, 2.05) is 0 Å². The fraction of sp³-hybridized carbons (Fsp3) is 0.125. The lowest BCUT2D eigenvalue weighted by molar-refractivity contribution is -0.133. The number of benzene rings is 2. The van der Waals surface area contributed by atoms with Crippen molar-refractivity contribution in [3.63, 3.8) is 0 Å². The van der Waals surface area contributed by atoms with Gasteiger partial charge in [0.2, 0.25) is 5.91 Å². The van der Waals surface area contributed by atoms with Crippen molar-refractivity contribution in [3.8, 4) is 0 Å². The maximum absolute atomic E-state index is 11.8. The van der Waals surface area contributed by atoms with Crippen molar-refractivity contribution in [2.24, 2.45) is 5.73 Å². The third-order valence-electron chi connectivity index (χ3n) is 3.15. The van der Waals surface area contributed by atoms with Crippen LogP contribution in [0.2, 0.25) is 0 Å². The highest BCUT2D eigenvalue weighted by Gasteiger charge is 2.38. The van der Waals surface area contributed by atoms with Crippen molar-refractivity contribution in [1.82, 2.24) is 0 Å². The summed E-state index contributed by atoms with van der Waals surface area (Å²) in [6.45, 7) is 1.38. The van der Waals surface area contributed by atoms with Gasteiger partial charge in [-0.2, -0.15) is 0 Å². The molecule has 2 aromatic rings. The minimum absolute atomic E-state index is 0.241. The number of rotatable bonds is 4. The molecule has 108 valence electrons. The molecule has 0 fully saturated rings. The van der Waals surface area contributed by atoms with Gasteiger partial charge < -0.3 is 16.2 Å². The molecule has 2 aromatic carbocycles. The summed E-state index contributed by atoms with van der Waals surface area (Å²) < 4.78 is 0. The minimum atomic E-state index is -1.95. The lowest BCUT2D eigenvalue weighted by Gasteiger charge is -2.26. The van der Waals surface area contributed by atoms with E-state index in [9.17, 15) is 14.7 Å². The van der Waals surface area contributed by atoms with Gasteiger partial charge in [-0.1, -0.05) is 42.5 Å². The number of aliphatic hydroxyl groups is 1. The van der Waals surface area contributed by atoms with Gasteiger partial charge in [0.25, 0.3) is 5.91 Å². The number of hydrogen-bond acceptors (Lipinski definition) is 3. The first kappa shape index (κ1) is 14.7. The zero-order valence-corrected chi connectivity index (χ0v) is 11.5. The standard InChI is InChI=1S/C16H16N2O3/c1-11(19)18-14-9-5-8-13(10-14)16(21,15(17)20)12-6-3-2-4-7-12/h2-10,21H,1H3,(H2,17,20)(H,18,19). The highest BCUT2D eigenvalue weighted by atomic mass is 16.3. The Labute approximate surface area is 122 Å². The number of amides is 2. The maximum atomic E-state index is 11.8. The molecule has 0 saturated carbocycles. The highest BCUT2D eigenvalue weighted by molar-refractivity contribution is 5.91. The molecular weight excluding hydrogens is 268 g/mol. The Balaban J connectivity index is 2.53. The first-order valence-electron chi connectivity index (χ1n) is 6.40. The molecule has 0 heterocycles. The lowest BCUT2D eigenvalue weighted by atomic mass is 9.85. The number of anilines is 1. The molecule has 1 atom stereocenters.